The maximum atomic E-state index is 12.7. The fraction of sp³-hybridized carbons (Fsp3) is 0.333. The van der Waals surface area contributed by atoms with Gasteiger partial charge in [-0.2, -0.15) is 0 Å². The topological polar surface area (TPSA) is 58.4 Å². The molecule has 0 saturated heterocycles. The molecule has 1 amide bonds. The van der Waals surface area contributed by atoms with Gasteiger partial charge in [0.05, 0.1) is 12.4 Å². The molecule has 1 aromatic heterocycles. The van der Waals surface area contributed by atoms with Crippen molar-refractivity contribution in [2.24, 2.45) is 0 Å². The third-order valence-corrected chi connectivity index (χ3v) is 4.58. The van der Waals surface area contributed by atoms with Gasteiger partial charge in [0.15, 0.2) is 5.76 Å². The number of aliphatic hydroxyl groups is 1. The third-order valence-electron chi connectivity index (χ3n) is 4.58. The van der Waals surface area contributed by atoms with Gasteiger partial charge in [0.1, 0.15) is 0 Å². The highest BCUT2D eigenvalue weighted by Crippen LogP contribution is 2.33. The average Bonchev–Trinajstić information content (AvgIpc) is 3.25. The quantitative estimate of drug-likeness (QED) is 0.736. The van der Waals surface area contributed by atoms with E-state index in [4.69, 9.17) is 0 Å². The van der Waals surface area contributed by atoms with Crippen LogP contribution in [0.25, 0.3) is 5.57 Å². The average molecular weight is 351 g/mol. The Morgan fingerprint density at radius 2 is 2.04 bits per heavy atom. The van der Waals surface area contributed by atoms with E-state index in [1.807, 2.05) is 47.2 Å². The first-order chi connectivity index (χ1) is 12.7. The normalized spacial score (nSPS) is 17.7. The lowest BCUT2D eigenvalue weighted by molar-refractivity contribution is -0.128. The lowest BCUT2D eigenvalue weighted by Crippen LogP contribution is -2.35. The second-order valence-electron chi connectivity index (χ2n) is 6.44. The third kappa shape index (κ3) is 3.87. The maximum Gasteiger partial charge on any atom is 0.289 e. The highest BCUT2D eigenvalue weighted by atomic mass is 16.3. The van der Waals surface area contributed by atoms with E-state index in [1.54, 1.807) is 17.4 Å². The molecule has 1 aromatic carbocycles. The molecule has 2 heterocycles. The molecular formula is C21H25N3O2. The van der Waals surface area contributed by atoms with Crippen LogP contribution in [-0.2, 0) is 11.3 Å². The van der Waals surface area contributed by atoms with Crippen molar-refractivity contribution in [2.45, 2.75) is 38.8 Å². The van der Waals surface area contributed by atoms with E-state index >= 15 is 0 Å². The smallest absolute Gasteiger partial charge is 0.289 e. The number of aliphatic hydroxyl groups excluding tert-OH is 1. The van der Waals surface area contributed by atoms with Gasteiger partial charge >= 0.3 is 0 Å². The van der Waals surface area contributed by atoms with E-state index in [9.17, 15) is 9.90 Å². The number of hydrogen-bond acceptors (Lipinski definition) is 3. The summed E-state index contributed by atoms with van der Waals surface area (Å²) in [7, 11) is 0. The van der Waals surface area contributed by atoms with Gasteiger partial charge < -0.3 is 14.6 Å². The molecule has 5 heteroatoms. The molecule has 3 rings (SSSR count). The molecule has 1 aliphatic rings. The maximum absolute atomic E-state index is 12.7. The van der Waals surface area contributed by atoms with Crippen molar-refractivity contribution in [1.82, 2.24) is 14.5 Å². The van der Waals surface area contributed by atoms with Crippen molar-refractivity contribution in [1.29, 1.82) is 0 Å². The van der Waals surface area contributed by atoms with Crippen LogP contribution in [0.5, 0.6) is 0 Å². The molecule has 0 aliphatic carbocycles. The highest BCUT2D eigenvalue weighted by molar-refractivity contribution is 6.05. The first kappa shape index (κ1) is 18.0. The Labute approximate surface area is 154 Å². The first-order valence-electron chi connectivity index (χ1n) is 9.14. The number of carbonyl (C=O) groups excluding carboxylic acids is 1. The lowest BCUT2D eigenvalue weighted by Gasteiger charge is -2.24. The van der Waals surface area contributed by atoms with Crippen LogP contribution >= 0.6 is 0 Å². The van der Waals surface area contributed by atoms with Gasteiger partial charge in [-0.1, -0.05) is 55.8 Å². The number of nitrogens with zero attached hydrogens (tertiary/aromatic N) is 3. The number of hydrogen-bond donors (Lipinski definition) is 1. The predicted octanol–water partition coefficient (Wildman–Crippen LogP) is 3.81. The van der Waals surface area contributed by atoms with Crippen LogP contribution in [0.4, 0.5) is 0 Å². The van der Waals surface area contributed by atoms with Crippen LogP contribution < -0.4 is 0 Å². The van der Waals surface area contributed by atoms with E-state index in [-0.39, 0.29) is 17.7 Å². The Morgan fingerprint density at radius 1 is 1.23 bits per heavy atom. The summed E-state index contributed by atoms with van der Waals surface area (Å²) in [5.41, 5.74) is 1.59. The number of amides is 1. The minimum Gasteiger partial charge on any atom is -0.503 e. The van der Waals surface area contributed by atoms with Gasteiger partial charge in [-0.25, -0.2) is 4.98 Å². The summed E-state index contributed by atoms with van der Waals surface area (Å²) in [6, 6.07) is 9.44. The molecule has 5 nitrogen and oxygen atoms in total. The number of aromatic nitrogens is 2. The van der Waals surface area contributed by atoms with Gasteiger partial charge in [0.2, 0.25) is 0 Å². The zero-order valence-electron chi connectivity index (χ0n) is 15.1. The van der Waals surface area contributed by atoms with Crippen molar-refractivity contribution in [3.05, 3.63) is 72.5 Å². The molecule has 0 fully saturated rings. The molecule has 1 unspecified atom stereocenters. The van der Waals surface area contributed by atoms with Crippen molar-refractivity contribution in [3.63, 3.8) is 0 Å². The second-order valence-corrected chi connectivity index (χ2v) is 6.44. The molecule has 0 bridgehead atoms. The number of aryl methyl sites for hydroxylation is 1. The Hall–Kier alpha value is -2.82. The standard InChI is InChI=1S/C21H25N3O2/c1-2-3-5-11-18-19(17-9-6-4-7-10-17)20(25)21(26)24(18)14-8-13-23-15-12-22-16-23/h4-7,9-12,15-16,18,25H,2-3,8,13-14H2,1H3. The number of benzene rings is 1. The number of rotatable bonds is 8. The Kier molecular flexibility index (Phi) is 5.89. The fourth-order valence-electron chi connectivity index (χ4n) is 3.27. The molecule has 1 aliphatic heterocycles. The van der Waals surface area contributed by atoms with Crippen LogP contribution in [0.15, 0.2) is 67.0 Å². The number of carbonyl (C=O) groups is 1. The van der Waals surface area contributed by atoms with E-state index < -0.39 is 0 Å². The fourth-order valence-corrected chi connectivity index (χ4v) is 3.27. The molecule has 2 aromatic rings. The van der Waals surface area contributed by atoms with Crippen LogP contribution in [-0.4, -0.2) is 38.1 Å². The number of allylic oxidation sites excluding steroid dienone is 1. The number of unbranched alkanes of at least 4 members (excludes halogenated alkanes) is 1. The van der Waals surface area contributed by atoms with E-state index in [0.717, 1.165) is 31.4 Å². The predicted molar refractivity (Wildman–Crippen MR) is 102 cm³/mol. The van der Waals surface area contributed by atoms with E-state index in [0.29, 0.717) is 12.1 Å². The van der Waals surface area contributed by atoms with Crippen LogP contribution in [0.1, 0.15) is 31.7 Å². The SMILES string of the molecule is CCCC=CC1C(c2ccccc2)=C(O)C(=O)N1CCCn1ccnc1. The van der Waals surface area contributed by atoms with Gasteiger partial charge in [-0.3, -0.25) is 4.79 Å². The van der Waals surface area contributed by atoms with Gasteiger partial charge in [0.25, 0.3) is 5.91 Å². The molecule has 0 saturated carbocycles. The van der Waals surface area contributed by atoms with Crippen molar-refractivity contribution < 1.29 is 9.90 Å². The zero-order valence-corrected chi connectivity index (χ0v) is 15.1. The summed E-state index contributed by atoms with van der Waals surface area (Å²) in [4.78, 5) is 18.5. The van der Waals surface area contributed by atoms with Crippen LogP contribution in [0.3, 0.4) is 0 Å². The molecule has 0 spiro atoms. The minimum atomic E-state index is -0.291. The Bertz CT molecular complexity index is 779. The summed E-state index contributed by atoms with van der Waals surface area (Å²) >= 11 is 0. The van der Waals surface area contributed by atoms with E-state index in [2.05, 4.69) is 18.0 Å². The largest absolute Gasteiger partial charge is 0.503 e. The molecule has 136 valence electrons. The monoisotopic (exact) mass is 351 g/mol. The Morgan fingerprint density at radius 3 is 2.73 bits per heavy atom. The van der Waals surface area contributed by atoms with Crippen molar-refractivity contribution in [2.75, 3.05) is 6.54 Å². The molecule has 0 radical (unpaired) electrons. The summed E-state index contributed by atoms with van der Waals surface area (Å²) in [6.07, 6.45) is 12.4. The van der Waals surface area contributed by atoms with Crippen molar-refractivity contribution >= 4 is 11.5 Å². The Balaban J connectivity index is 1.80. The van der Waals surface area contributed by atoms with Crippen LogP contribution in [0, 0.1) is 0 Å². The summed E-state index contributed by atoms with van der Waals surface area (Å²) < 4.78 is 1.99. The molecule has 26 heavy (non-hydrogen) atoms. The number of imidazole rings is 1. The highest BCUT2D eigenvalue weighted by Gasteiger charge is 2.38. The van der Waals surface area contributed by atoms with Gasteiger partial charge in [-0.15, -0.1) is 0 Å². The van der Waals surface area contributed by atoms with Crippen molar-refractivity contribution in [3.8, 4) is 0 Å². The summed E-state index contributed by atoms with van der Waals surface area (Å²) in [6.45, 7) is 3.49. The summed E-state index contributed by atoms with van der Waals surface area (Å²) in [5.74, 6) is -0.425. The zero-order chi connectivity index (χ0) is 18.4. The van der Waals surface area contributed by atoms with E-state index in [1.165, 1.54) is 0 Å². The van der Waals surface area contributed by atoms with Gasteiger partial charge in [0, 0.05) is 31.1 Å². The molecular weight excluding hydrogens is 326 g/mol. The minimum absolute atomic E-state index is 0.134. The van der Waals surface area contributed by atoms with Crippen LogP contribution in [0.2, 0.25) is 0 Å². The first-order valence-corrected chi connectivity index (χ1v) is 9.14. The molecule has 1 atom stereocenters. The van der Waals surface area contributed by atoms with Gasteiger partial charge in [-0.05, 0) is 18.4 Å². The second kappa shape index (κ2) is 8.52. The summed E-state index contributed by atoms with van der Waals surface area (Å²) in [5, 5.41) is 10.5. The molecule has 1 N–H and O–H groups in total. The lowest BCUT2D eigenvalue weighted by atomic mass is 9.98.